The van der Waals surface area contributed by atoms with Crippen LogP contribution in [0.15, 0.2) is 30.5 Å². The second-order valence-corrected chi connectivity index (χ2v) is 11.2. The van der Waals surface area contributed by atoms with Crippen LogP contribution in [0.5, 0.6) is 0 Å². The number of hydrogen-bond donors (Lipinski definition) is 7. The molecule has 1 aromatic carbocycles. The molecule has 12 nitrogen and oxygen atoms in total. The van der Waals surface area contributed by atoms with Crippen molar-refractivity contribution in [2.24, 2.45) is 5.73 Å². The molecule has 220 valence electrons. The molecule has 1 aromatic heterocycles. The fourth-order valence-corrected chi connectivity index (χ4v) is 4.92. The molecule has 0 fully saturated rings. The van der Waals surface area contributed by atoms with E-state index in [0.717, 1.165) is 16.5 Å². The van der Waals surface area contributed by atoms with E-state index >= 15 is 0 Å². The van der Waals surface area contributed by atoms with Gasteiger partial charge in [0.05, 0.1) is 6.04 Å². The molecule has 1 heterocycles. The van der Waals surface area contributed by atoms with Gasteiger partial charge in [0.1, 0.15) is 18.1 Å². The third-order valence-corrected chi connectivity index (χ3v) is 7.49. The van der Waals surface area contributed by atoms with Gasteiger partial charge in [-0.1, -0.05) is 18.2 Å². The number of carbonyl (C=O) groups excluding carboxylic acids is 3. The quantitative estimate of drug-likeness (QED) is 0.130. The van der Waals surface area contributed by atoms with E-state index in [-0.39, 0.29) is 19.3 Å². The maximum absolute atomic E-state index is 13.5. The summed E-state index contributed by atoms with van der Waals surface area (Å²) in [4.78, 5) is 65.1. The fraction of sp³-hybridized carbons (Fsp3) is 0.500. The van der Waals surface area contributed by atoms with Gasteiger partial charge in [-0.3, -0.25) is 19.2 Å². The van der Waals surface area contributed by atoms with Crippen LogP contribution >= 0.6 is 23.5 Å². The van der Waals surface area contributed by atoms with E-state index in [0.29, 0.717) is 17.9 Å². The van der Waals surface area contributed by atoms with Crippen LogP contribution < -0.4 is 21.7 Å². The average molecular weight is 596 g/mol. The van der Waals surface area contributed by atoms with Gasteiger partial charge in [-0.05, 0) is 54.9 Å². The number of thioether (sulfide) groups is 2. The van der Waals surface area contributed by atoms with Crippen LogP contribution in [0.4, 0.5) is 0 Å². The number of para-hydroxylation sites is 1. The number of carboxylic acids is 2. The molecule has 0 bridgehead atoms. The molecule has 0 spiro atoms. The van der Waals surface area contributed by atoms with Crippen molar-refractivity contribution in [1.82, 2.24) is 20.9 Å². The number of H-pyrrole nitrogens is 1. The van der Waals surface area contributed by atoms with E-state index in [4.69, 9.17) is 10.8 Å². The van der Waals surface area contributed by atoms with Crippen molar-refractivity contribution in [3.63, 3.8) is 0 Å². The normalized spacial score (nSPS) is 14.1. The lowest BCUT2D eigenvalue weighted by molar-refractivity contribution is -0.143. The number of nitrogens with two attached hydrogens (primary N) is 1. The smallest absolute Gasteiger partial charge is 0.326 e. The maximum atomic E-state index is 13.5. The number of benzene rings is 1. The highest BCUT2D eigenvalue weighted by Crippen LogP contribution is 2.19. The van der Waals surface area contributed by atoms with Crippen molar-refractivity contribution >= 4 is 64.1 Å². The van der Waals surface area contributed by atoms with Crippen LogP contribution in [0.25, 0.3) is 10.9 Å². The molecule has 2 aromatic rings. The van der Waals surface area contributed by atoms with Gasteiger partial charge in [-0.2, -0.15) is 23.5 Å². The van der Waals surface area contributed by atoms with Crippen LogP contribution in [-0.4, -0.2) is 93.0 Å². The molecule has 0 aliphatic carbocycles. The minimum atomic E-state index is -1.44. The van der Waals surface area contributed by atoms with Gasteiger partial charge in [0.2, 0.25) is 17.7 Å². The van der Waals surface area contributed by atoms with Crippen molar-refractivity contribution in [2.75, 3.05) is 24.0 Å². The number of carbonyl (C=O) groups is 5. The SMILES string of the molecule is CSCCC(N)C(=O)NC(Cc1c[nH]c2ccccc12)C(=O)NC(CCSC)C(=O)NC(CCC(=O)O)C(=O)O. The van der Waals surface area contributed by atoms with Crippen LogP contribution in [0, 0.1) is 0 Å². The molecule has 8 N–H and O–H groups in total. The van der Waals surface area contributed by atoms with E-state index in [9.17, 15) is 29.1 Å². The summed E-state index contributed by atoms with van der Waals surface area (Å²) in [7, 11) is 0. The molecule has 0 radical (unpaired) electrons. The molecule has 0 saturated carbocycles. The maximum Gasteiger partial charge on any atom is 0.326 e. The summed E-state index contributed by atoms with van der Waals surface area (Å²) < 4.78 is 0. The number of aromatic nitrogens is 1. The number of fused-ring (bicyclic) bond motifs is 1. The highest BCUT2D eigenvalue weighted by molar-refractivity contribution is 7.98. The Morgan fingerprint density at radius 2 is 1.45 bits per heavy atom. The summed E-state index contributed by atoms with van der Waals surface area (Å²) in [5, 5.41) is 26.9. The number of aliphatic carboxylic acids is 2. The zero-order chi connectivity index (χ0) is 29.7. The predicted molar refractivity (Wildman–Crippen MR) is 156 cm³/mol. The van der Waals surface area contributed by atoms with Crippen molar-refractivity contribution in [3.05, 3.63) is 36.0 Å². The Morgan fingerprint density at radius 1 is 0.850 bits per heavy atom. The lowest BCUT2D eigenvalue weighted by atomic mass is 10.0. The van der Waals surface area contributed by atoms with E-state index < -0.39 is 60.2 Å². The van der Waals surface area contributed by atoms with Gasteiger partial charge < -0.3 is 36.9 Å². The molecule has 0 saturated heterocycles. The van der Waals surface area contributed by atoms with E-state index in [2.05, 4.69) is 20.9 Å². The van der Waals surface area contributed by atoms with Gasteiger partial charge in [0.25, 0.3) is 0 Å². The van der Waals surface area contributed by atoms with Crippen molar-refractivity contribution in [2.45, 2.75) is 56.3 Å². The zero-order valence-electron chi connectivity index (χ0n) is 22.5. The molecular formula is C26H37N5O7S2. The first-order chi connectivity index (χ1) is 19.1. The summed E-state index contributed by atoms with van der Waals surface area (Å²) in [6.07, 6.45) is 5.42. The number of amides is 3. The zero-order valence-corrected chi connectivity index (χ0v) is 24.1. The van der Waals surface area contributed by atoms with Gasteiger partial charge >= 0.3 is 11.9 Å². The summed E-state index contributed by atoms with van der Waals surface area (Å²) >= 11 is 2.98. The van der Waals surface area contributed by atoms with Crippen molar-refractivity contribution < 1.29 is 34.2 Å². The molecule has 0 aliphatic heterocycles. The molecular weight excluding hydrogens is 558 g/mol. The van der Waals surface area contributed by atoms with Gasteiger partial charge in [-0.25, -0.2) is 4.79 Å². The molecule has 14 heteroatoms. The fourth-order valence-electron chi connectivity index (χ4n) is 3.96. The Morgan fingerprint density at radius 3 is 2.10 bits per heavy atom. The Kier molecular flexibility index (Phi) is 13.8. The summed E-state index contributed by atoms with van der Waals surface area (Å²) in [6.45, 7) is 0. The average Bonchev–Trinajstić information content (AvgIpc) is 3.33. The molecule has 3 amide bonds. The third-order valence-electron chi connectivity index (χ3n) is 6.21. The number of carboxylic acid groups (broad SMARTS) is 2. The number of aromatic amines is 1. The molecule has 4 atom stereocenters. The van der Waals surface area contributed by atoms with Crippen molar-refractivity contribution in [3.8, 4) is 0 Å². The lowest BCUT2D eigenvalue weighted by Crippen LogP contribution is -2.57. The Bertz CT molecular complexity index is 1180. The molecule has 0 aliphatic rings. The summed E-state index contributed by atoms with van der Waals surface area (Å²) in [6, 6.07) is 3.06. The Hall–Kier alpha value is -3.23. The monoisotopic (exact) mass is 595 g/mol. The topological polar surface area (TPSA) is 204 Å². The Labute approximate surface area is 241 Å². The van der Waals surface area contributed by atoms with Gasteiger partial charge in [-0.15, -0.1) is 0 Å². The first kappa shape index (κ1) is 33.0. The minimum absolute atomic E-state index is 0.115. The van der Waals surface area contributed by atoms with Gasteiger partial charge in [0.15, 0.2) is 0 Å². The summed E-state index contributed by atoms with van der Waals surface area (Å²) in [5.74, 6) is -3.32. The standard InChI is InChI=1S/C26H37N5O7S2/c1-39-11-9-17(27)23(34)31-21(13-15-14-28-18-6-4-3-5-16(15)18)25(36)29-19(10-12-40-2)24(35)30-20(26(37)38)7-8-22(32)33/h3-6,14,17,19-21,28H,7-13,27H2,1-2H3,(H,29,36)(H,30,35)(H,31,34)(H,32,33)(H,37,38). The minimum Gasteiger partial charge on any atom is -0.481 e. The van der Waals surface area contributed by atoms with Crippen LogP contribution in [0.1, 0.15) is 31.2 Å². The first-order valence-corrected chi connectivity index (χ1v) is 15.5. The Balaban J connectivity index is 2.26. The molecule has 4 unspecified atom stereocenters. The number of nitrogens with one attached hydrogen (secondary N) is 4. The molecule has 2 rings (SSSR count). The third kappa shape index (κ3) is 10.4. The van der Waals surface area contributed by atoms with Crippen LogP contribution in [0.3, 0.4) is 0 Å². The van der Waals surface area contributed by atoms with E-state index in [1.165, 1.54) is 11.8 Å². The predicted octanol–water partition coefficient (Wildman–Crippen LogP) is 0.948. The molecule has 40 heavy (non-hydrogen) atoms. The first-order valence-electron chi connectivity index (χ1n) is 12.7. The summed E-state index contributed by atoms with van der Waals surface area (Å²) in [5.41, 5.74) is 7.67. The van der Waals surface area contributed by atoms with Crippen molar-refractivity contribution in [1.29, 1.82) is 0 Å². The second kappa shape index (κ2) is 16.8. The van der Waals surface area contributed by atoms with Crippen LogP contribution in [0.2, 0.25) is 0 Å². The van der Waals surface area contributed by atoms with E-state index in [1.54, 1.807) is 18.0 Å². The van der Waals surface area contributed by atoms with E-state index in [1.807, 2.05) is 36.8 Å². The second-order valence-electron chi connectivity index (χ2n) is 9.19. The van der Waals surface area contributed by atoms with Gasteiger partial charge in [0, 0.05) is 29.9 Å². The van der Waals surface area contributed by atoms with Crippen LogP contribution in [-0.2, 0) is 30.4 Å². The lowest BCUT2D eigenvalue weighted by Gasteiger charge is -2.25. The number of rotatable bonds is 18. The highest BCUT2D eigenvalue weighted by Gasteiger charge is 2.31. The largest absolute Gasteiger partial charge is 0.481 e. The highest BCUT2D eigenvalue weighted by atomic mass is 32.2. The number of hydrogen-bond acceptors (Lipinski definition) is 8.